The Morgan fingerprint density at radius 2 is 1.82 bits per heavy atom. The van der Waals surface area contributed by atoms with Gasteiger partial charge in [0, 0.05) is 29.0 Å². The number of nitrogens with one attached hydrogen (secondary N) is 1. The molecule has 3 fully saturated rings. The van der Waals surface area contributed by atoms with Crippen LogP contribution in [0, 0.1) is 23.2 Å². The highest BCUT2D eigenvalue weighted by atomic mass is 16.5. The number of piperidine rings is 1. The van der Waals surface area contributed by atoms with Crippen LogP contribution >= 0.6 is 0 Å². The lowest BCUT2D eigenvalue weighted by molar-refractivity contribution is -0.134. The minimum atomic E-state index is 0.0121. The zero-order valence-corrected chi connectivity index (χ0v) is 23.1. The normalized spacial score (nSPS) is 32.5. The first kappa shape index (κ1) is 24.1. The molecule has 1 amide bonds. The van der Waals surface area contributed by atoms with E-state index < -0.39 is 0 Å². The number of hydrogen-bond acceptors (Lipinski definition) is 5. The summed E-state index contributed by atoms with van der Waals surface area (Å²) in [7, 11) is 0. The number of rotatable bonds is 3. The molecule has 0 radical (unpaired) electrons. The van der Waals surface area contributed by atoms with Crippen molar-refractivity contribution >= 4 is 11.7 Å². The Labute approximate surface area is 234 Å². The van der Waals surface area contributed by atoms with Crippen molar-refractivity contribution in [3.63, 3.8) is 0 Å². The van der Waals surface area contributed by atoms with Gasteiger partial charge in [-0.15, -0.1) is 0 Å². The largest absolute Gasteiger partial charge is 0.457 e. The van der Waals surface area contributed by atoms with Gasteiger partial charge in [0.25, 0.3) is 5.78 Å². The van der Waals surface area contributed by atoms with Crippen molar-refractivity contribution < 1.29 is 9.53 Å². The Bertz CT molecular complexity index is 1630. The standard InChI is InChI=1S/C33H35N5O2/c1-32-16-14-28(39)36-27(32)12-11-23-25(32)13-15-33(2)26(23)18-24-29(38-31(34-19-35-38)37-30(24)33)20-7-6-10-22(17-20)40-21-8-4-3-5-9-21/h3-10,17,19,23,25-27H,11-16,18H2,1-2H3,(H,36,39)/t23-,25+,26+,27-,32-,33+/m1/s1. The summed E-state index contributed by atoms with van der Waals surface area (Å²) in [4.78, 5) is 22.0. The molecule has 1 saturated heterocycles. The van der Waals surface area contributed by atoms with Gasteiger partial charge in [0.15, 0.2) is 0 Å². The van der Waals surface area contributed by atoms with Crippen LogP contribution in [-0.2, 0) is 16.6 Å². The Morgan fingerprint density at radius 1 is 0.975 bits per heavy atom. The molecule has 2 saturated carbocycles. The van der Waals surface area contributed by atoms with Crippen molar-refractivity contribution in [3.05, 3.63) is 72.2 Å². The van der Waals surface area contributed by atoms with Gasteiger partial charge in [-0.25, -0.2) is 4.98 Å². The van der Waals surface area contributed by atoms with Crippen molar-refractivity contribution in [2.75, 3.05) is 0 Å². The molecule has 0 unspecified atom stereocenters. The van der Waals surface area contributed by atoms with E-state index in [1.54, 1.807) is 6.33 Å². The molecule has 3 heterocycles. The van der Waals surface area contributed by atoms with Crippen molar-refractivity contribution in [1.29, 1.82) is 0 Å². The molecule has 7 nitrogen and oxygen atoms in total. The summed E-state index contributed by atoms with van der Waals surface area (Å²) in [6.45, 7) is 4.91. The predicted octanol–water partition coefficient (Wildman–Crippen LogP) is 6.12. The van der Waals surface area contributed by atoms with E-state index in [1.807, 2.05) is 40.9 Å². The third-order valence-corrected chi connectivity index (χ3v) is 11.1. The number of aromatic nitrogens is 4. The number of carbonyl (C=O) groups excluding carboxylic acids is 1. The molecule has 2 aromatic carbocycles. The lowest BCUT2D eigenvalue weighted by Crippen LogP contribution is -2.61. The number of benzene rings is 2. The van der Waals surface area contributed by atoms with Crippen molar-refractivity contribution in [2.24, 2.45) is 23.2 Å². The third-order valence-electron chi connectivity index (χ3n) is 11.1. The van der Waals surface area contributed by atoms with Crippen LogP contribution in [-0.4, -0.2) is 31.5 Å². The fourth-order valence-corrected chi connectivity index (χ4v) is 9.08. The Hall–Kier alpha value is -3.74. The van der Waals surface area contributed by atoms with Crippen LogP contribution in [0.15, 0.2) is 60.9 Å². The first-order valence-electron chi connectivity index (χ1n) is 14.8. The van der Waals surface area contributed by atoms with Gasteiger partial charge in [-0.05, 0) is 86.0 Å². The van der Waals surface area contributed by atoms with Crippen molar-refractivity contribution in [2.45, 2.75) is 70.3 Å². The molecule has 2 aromatic heterocycles. The molecule has 8 rings (SSSR count). The summed E-state index contributed by atoms with van der Waals surface area (Å²) < 4.78 is 8.14. The second-order valence-electron chi connectivity index (χ2n) is 12.9. The van der Waals surface area contributed by atoms with Gasteiger partial charge < -0.3 is 10.1 Å². The average molecular weight is 534 g/mol. The van der Waals surface area contributed by atoms with Gasteiger partial charge in [0.2, 0.25) is 5.91 Å². The Morgan fingerprint density at radius 3 is 2.70 bits per heavy atom. The van der Waals surface area contributed by atoms with Crippen LogP contribution in [0.3, 0.4) is 0 Å². The molecule has 1 aliphatic heterocycles. The number of amides is 1. The highest BCUT2D eigenvalue weighted by Gasteiger charge is 2.60. The number of ether oxygens (including phenoxy) is 1. The lowest BCUT2D eigenvalue weighted by Gasteiger charge is -2.59. The van der Waals surface area contributed by atoms with E-state index in [4.69, 9.17) is 9.72 Å². The zero-order valence-electron chi connectivity index (χ0n) is 23.1. The highest BCUT2D eigenvalue weighted by Crippen LogP contribution is 2.63. The molecule has 4 aliphatic rings. The van der Waals surface area contributed by atoms with Crippen LogP contribution in [0.4, 0.5) is 0 Å². The molecule has 0 bridgehead atoms. The summed E-state index contributed by atoms with van der Waals surface area (Å²) in [5.74, 6) is 4.31. The van der Waals surface area contributed by atoms with Gasteiger partial charge >= 0.3 is 0 Å². The average Bonchev–Trinajstić information content (AvgIpc) is 3.55. The minimum absolute atomic E-state index is 0.0121. The number of hydrogen-bond donors (Lipinski definition) is 1. The van der Waals surface area contributed by atoms with Gasteiger partial charge in [-0.3, -0.25) is 4.79 Å². The first-order valence-corrected chi connectivity index (χ1v) is 14.8. The highest BCUT2D eigenvalue weighted by molar-refractivity contribution is 5.77. The quantitative estimate of drug-likeness (QED) is 0.343. The molecule has 1 N–H and O–H groups in total. The SMILES string of the molecule is C[C@]12CCC(=O)N[C@@H]1CC[C@@H]1[C@@H]2CC[C@]2(C)c3nc4ncnn4c(-c4cccc(Oc5ccccc5)c4)c3C[C@@H]12. The molecule has 204 valence electrons. The summed E-state index contributed by atoms with van der Waals surface area (Å²) in [5.41, 5.74) is 4.89. The van der Waals surface area contributed by atoms with Crippen molar-refractivity contribution in [1.82, 2.24) is 24.9 Å². The monoisotopic (exact) mass is 533 g/mol. The summed E-state index contributed by atoms with van der Waals surface area (Å²) >= 11 is 0. The van der Waals surface area contributed by atoms with Gasteiger partial charge in [-0.1, -0.05) is 44.2 Å². The summed E-state index contributed by atoms with van der Waals surface area (Å²) in [6.07, 6.45) is 8.85. The maximum atomic E-state index is 12.2. The maximum Gasteiger partial charge on any atom is 0.252 e. The molecule has 40 heavy (non-hydrogen) atoms. The van der Waals surface area contributed by atoms with Crippen LogP contribution in [0.2, 0.25) is 0 Å². The van der Waals surface area contributed by atoms with Crippen LogP contribution in [0.1, 0.15) is 63.6 Å². The van der Waals surface area contributed by atoms with E-state index in [2.05, 4.69) is 47.4 Å². The van der Waals surface area contributed by atoms with Crippen molar-refractivity contribution in [3.8, 4) is 22.8 Å². The predicted molar refractivity (Wildman–Crippen MR) is 152 cm³/mol. The summed E-state index contributed by atoms with van der Waals surface area (Å²) in [6, 6.07) is 18.6. The molecular weight excluding hydrogens is 498 g/mol. The maximum absolute atomic E-state index is 12.2. The minimum Gasteiger partial charge on any atom is -0.457 e. The molecule has 7 heteroatoms. The molecule has 4 aromatic rings. The molecule has 0 spiro atoms. The van der Waals surface area contributed by atoms with E-state index in [1.165, 1.54) is 24.1 Å². The Balaban J connectivity index is 1.21. The van der Waals surface area contributed by atoms with E-state index in [0.717, 1.165) is 48.4 Å². The van der Waals surface area contributed by atoms with E-state index >= 15 is 0 Å². The zero-order chi connectivity index (χ0) is 27.1. The van der Waals surface area contributed by atoms with E-state index in [9.17, 15) is 4.79 Å². The molecule has 3 aliphatic carbocycles. The van der Waals surface area contributed by atoms with E-state index in [-0.39, 0.29) is 16.7 Å². The number of para-hydroxylation sites is 1. The second kappa shape index (κ2) is 8.63. The van der Waals surface area contributed by atoms with E-state index in [0.29, 0.717) is 36.0 Å². The van der Waals surface area contributed by atoms with Crippen LogP contribution in [0.25, 0.3) is 17.0 Å². The molecular formula is C33H35N5O2. The second-order valence-corrected chi connectivity index (χ2v) is 12.9. The smallest absolute Gasteiger partial charge is 0.252 e. The van der Waals surface area contributed by atoms with Gasteiger partial charge in [0.05, 0.1) is 11.4 Å². The fourth-order valence-electron chi connectivity index (χ4n) is 9.08. The van der Waals surface area contributed by atoms with Gasteiger partial charge in [-0.2, -0.15) is 14.6 Å². The number of fused-ring (bicyclic) bond motifs is 8. The van der Waals surface area contributed by atoms with Crippen LogP contribution in [0.5, 0.6) is 11.5 Å². The number of carbonyl (C=O) groups is 1. The Kier molecular flexibility index (Phi) is 5.20. The fraction of sp³-hybridized carbons (Fsp3) is 0.455. The third kappa shape index (κ3) is 3.42. The first-order chi connectivity index (χ1) is 19.4. The van der Waals surface area contributed by atoms with Gasteiger partial charge in [0.1, 0.15) is 17.8 Å². The van der Waals surface area contributed by atoms with Crippen LogP contribution < -0.4 is 10.1 Å². The topological polar surface area (TPSA) is 81.4 Å². The number of nitrogens with zero attached hydrogens (tertiary/aromatic N) is 4. The lowest BCUT2D eigenvalue weighted by atomic mass is 9.47. The molecule has 6 atom stereocenters. The summed E-state index contributed by atoms with van der Waals surface area (Å²) in [5, 5.41) is 8.01.